The number of hydrogen-bond acceptors (Lipinski definition) is 1. The van der Waals surface area contributed by atoms with Gasteiger partial charge >= 0.3 is 0 Å². The van der Waals surface area contributed by atoms with Crippen molar-refractivity contribution in [1.82, 2.24) is 9.13 Å². The molecule has 1 heterocycles. The van der Waals surface area contributed by atoms with Crippen LogP contribution < -0.4 is 5.62 Å². The Morgan fingerprint density at radius 1 is 1.21 bits per heavy atom. The van der Waals surface area contributed by atoms with Gasteiger partial charge in [-0.05, 0) is 34.6 Å². The maximum Gasteiger partial charge on any atom is 0.205 e. The maximum atomic E-state index is 4.63. The van der Waals surface area contributed by atoms with Crippen LogP contribution in [0.2, 0.25) is 0 Å². The summed E-state index contributed by atoms with van der Waals surface area (Å²) < 4.78 is 4.36. The second-order valence-corrected chi connectivity index (χ2v) is 4.37. The molecule has 0 bridgehead atoms. The zero-order chi connectivity index (χ0) is 10.9. The lowest BCUT2D eigenvalue weighted by atomic mass is 10.3. The normalized spacial score (nSPS) is 13.3. The van der Waals surface area contributed by atoms with Gasteiger partial charge in [0, 0.05) is 31.0 Å². The number of rotatable bonds is 2. The molecule has 0 saturated heterocycles. The molecule has 0 atom stereocenters. The van der Waals surface area contributed by atoms with Crippen LogP contribution in [0.3, 0.4) is 0 Å². The Bertz CT molecular complexity index is 366. The highest BCUT2D eigenvalue weighted by atomic mass is 15.2. The predicted molar refractivity (Wildman–Crippen MR) is 59.2 cm³/mol. The van der Waals surface area contributed by atoms with Gasteiger partial charge in [0.15, 0.2) is 0 Å². The Balaban J connectivity index is 3.40. The van der Waals surface area contributed by atoms with Crippen molar-refractivity contribution < 1.29 is 0 Å². The first-order valence-corrected chi connectivity index (χ1v) is 5.21. The van der Waals surface area contributed by atoms with Crippen molar-refractivity contribution in [2.75, 3.05) is 0 Å². The van der Waals surface area contributed by atoms with Gasteiger partial charge in [0.25, 0.3) is 0 Å². The van der Waals surface area contributed by atoms with E-state index in [1.807, 2.05) is 7.05 Å². The summed E-state index contributed by atoms with van der Waals surface area (Å²) in [6.45, 7) is 10.7. The quantitative estimate of drug-likeness (QED) is 0.689. The summed E-state index contributed by atoms with van der Waals surface area (Å²) in [7, 11) is 2.05. The van der Waals surface area contributed by atoms with Crippen LogP contribution in [0.15, 0.2) is 11.2 Å². The molecule has 1 rings (SSSR count). The van der Waals surface area contributed by atoms with E-state index in [1.54, 1.807) is 0 Å². The van der Waals surface area contributed by atoms with Crippen LogP contribution in [0.1, 0.15) is 39.4 Å². The van der Waals surface area contributed by atoms with Crippen molar-refractivity contribution in [3.63, 3.8) is 0 Å². The third-order valence-corrected chi connectivity index (χ3v) is 2.18. The molecule has 0 N–H and O–H groups in total. The average molecular weight is 195 g/mol. The third-order valence-electron chi connectivity index (χ3n) is 2.18. The summed E-state index contributed by atoms with van der Waals surface area (Å²) in [5, 5.41) is 0. The monoisotopic (exact) mass is 195 g/mol. The Hall–Kier alpha value is -0.990. The Morgan fingerprint density at radius 2 is 1.79 bits per heavy atom. The van der Waals surface area contributed by atoms with E-state index in [2.05, 4.69) is 54.9 Å². The highest BCUT2D eigenvalue weighted by molar-refractivity contribution is 4.98. The second kappa shape index (κ2) is 4.03. The van der Waals surface area contributed by atoms with Crippen LogP contribution >= 0.6 is 0 Å². The molecular weight excluding hydrogens is 174 g/mol. The summed E-state index contributed by atoms with van der Waals surface area (Å²) in [6, 6.07) is 0.807. The van der Waals surface area contributed by atoms with Gasteiger partial charge in [0.05, 0.1) is 0 Å². The summed E-state index contributed by atoms with van der Waals surface area (Å²) in [6.07, 6.45) is 2.13. The van der Waals surface area contributed by atoms with Gasteiger partial charge in [-0.25, -0.2) is 4.99 Å². The topological polar surface area (TPSA) is 22.2 Å². The number of aromatic nitrogens is 2. The first-order valence-electron chi connectivity index (χ1n) is 5.21. The van der Waals surface area contributed by atoms with Crippen molar-refractivity contribution in [1.29, 1.82) is 0 Å². The number of aryl methyl sites for hydroxylation is 2. The fourth-order valence-electron chi connectivity index (χ4n) is 1.75. The number of nitrogens with zero attached hydrogens (tertiary/aromatic N) is 3. The fourth-order valence-corrected chi connectivity index (χ4v) is 1.75. The molecule has 0 aliphatic carbocycles. The third kappa shape index (κ3) is 2.08. The lowest BCUT2D eigenvalue weighted by molar-refractivity contribution is 0.533. The van der Waals surface area contributed by atoms with Gasteiger partial charge in [-0.1, -0.05) is 0 Å². The van der Waals surface area contributed by atoms with Crippen molar-refractivity contribution in [2.24, 2.45) is 12.0 Å². The number of hydrogen-bond donors (Lipinski definition) is 0. The van der Waals surface area contributed by atoms with Crippen LogP contribution in [-0.4, -0.2) is 15.2 Å². The van der Waals surface area contributed by atoms with Crippen molar-refractivity contribution in [3.8, 4) is 0 Å². The van der Waals surface area contributed by atoms with E-state index in [9.17, 15) is 0 Å². The first-order chi connectivity index (χ1) is 6.43. The molecule has 0 unspecified atom stereocenters. The Morgan fingerprint density at radius 3 is 2.21 bits per heavy atom. The molecule has 0 fully saturated rings. The zero-order valence-corrected chi connectivity index (χ0v) is 10.1. The van der Waals surface area contributed by atoms with E-state index in [4.69, 9.17) is 0 Å². The molecule has 3 nitrogen and oxygen atoms in total. The van der Waals surface area contributed by atoms with E-state index < -0.39 is 0 Å². The van der Waals surface area contributed by atoms with Crippen molar-refractivity contribution in [3.05, 3.63) is 17.5 Å². The smallest absolute Gasteiger partial charge is 0.205 e. The van der Waals surface area contributed by atoms with Crippen molar-refractivity contribution in [2.45, 2.75) is 46.7 Å². The standard InChI is InChI=1S/C11H21N3/c1-8(2)12-11-13(6)7-10(5)14(11)9(3)4/h7-9H,1-6H3. The molecule has 0 aliphatic rings. The molecule has 1 aromatic rings. The molecule has 0 amide bonds. The predicted octanol–water partition coefficient (Wildman–Crippen LogP) is 2.03. The lowest BCUT2D eigenvalue weighted by Crippen LogP contribution is -2.27. The van der Waals surface area contributed by atoms with Crippen LogP contribution in [0.5, 0.6) is 0 Å². The molecule has 0 radical (unpaired) electrons. The molecule has 0 spiro atoms. The highest BCUT2D eigenvalue weighted by Crippen LogP contribution is 2.05. The molecule has 0 aliphatic heterocycles. The molecule has 3 heteroatoms. The minimum absolute atomic E-state index is 0.341. The molecule has 0 saturated carbocycles. The second-order valence-electron chi connectivity index (χ2n) is 4.37. The minimum atomic E-state index is 0.341. The summed E-state index contributed by atoms with van der Waals surface area (Å²) in [5.41, 5.74) is 2.33. The minimum Gasteiger partial charge on any atom is -0.320 e. The van der Waals surface area contributed by atoms with Gasteiger partial charge in [-0.15, -0.1) is 0 Å². The highest BCUT2D eigenvalue weighted by Gasteiger charge is 2.07. The lowest BCUT2D eigenvalue weighted by Gasteiger charge is -2.10. The fraction of sp³-hybridized carbons (Fsp3) is 0.727. The zero-order valence-electron chi connectivity index (χ0n) is 10.1. The molecule has 80 valence electrons. The maximum absolute atomic E-state index is 4.63. The summed E-state index contributed by atoms with van der Waals surface area (Å²) >= 11 is 0. The summed E-state index contributed by atoms with van der Waals surface area (Å²) in [5.74, 6) is 0. The van der Waals surface area contributed by atoms with Crippen LogP contribution in [0, 0.1) is 6.92 Å². The largest absolute Gasteiger partial charge is 0.320 e. The van der Waals surface area contributed by atoms with Gasteiger partial charge in [0.1, 0.15) is 0 Å². The van der Waals surface area contributed by atoms with Crippen LogP contribution in [0.4, 0.5) is 0 Å². The van der Waals surface area contributed by atoms with E-state index in [0.717, 1.165) is 5.62 Å². The van der Waals surface area contributed by atoms with E-state index in [0.29, 0.717) is 12.1 Å². The molecule has 0 aromatic carbocycles. The Labute approximate surface area is 86.1 Å². The van der Waals surface area contributed by atoms with E-state index in [1.165, 1.54) is 5.69 Å². The van der Waals surface area contributed by atoms with Crippen LogP contribution in [-0.2, 0) is 7.05 Å². The van der Waals surface area contributed by atoms with Gasteiger partial charge < -0.3 is 9.13 Å². The van der Waals surface area contributed by atoms with E-state index >= 15 is 0 Å². The summed E-state index contributed by atoms with van der Waals surface area (Å²) in [4.78, 5) is 4.63. The molecule has 14 heavy (non-hydrogen) atoms. The molecule has 1 aromatic heterocycles. The average Bonchev–Trinajstić information content (AvgIpc) is 2.25. The van der Waals surface area contributed by atoms with E-state index in [-0.39, 0.29) is 0 Å². The number of imidazole rings is 1. The van der Waals surface area contributed by atoms with Gasteiger partial charge in [-0.3, -0.25) is 0 Å². The van der Waals surface area contributed by atoms with Gasteiger partial charge in [-0.2, -0.15) is 0 Å². The SMILES string of the molecule is Cc1cn(C)c(=NC(C)C)n1C(C)C. The van der Waals surface area contributed by atoms with Crippen molar-refractivity contribution >= 4 is 0 Å². The Kier molecular flexibility index (Phi) is 3.19. The van der Waals surface area contributed by atoms with Gasteiger partial charge in [0.2, 0.25) is 5.62 Å². The molecular formula is C11H21N3. The van der Waals surface area contributed by atoms with Crippen LogP contribution in [0.25, 0.3) is 0 Å². The first kappa shape index (κ1) is 11.1.